The zero-order valence-corrected chi connectivity index (χ0v) is 18.6. The maximum absolute atomic E-state index is 14.7. The molecule has 1 aliphatic rings. The van der Waals surface area contributed by atoms with Crippen molar-refractivity contribution in [2.75, 3.05) is 23.3 Å². The van der Waals surface area contributed by atoms with Crippen LogP contribution >= 0.6 is 22.9 Å². The minimum absolute atomic E-state index is 0.0117. The molecule has 0 amide bonds. The number of benzene rings is 2. The Bertz CT molecular complexity index is 1220. The number of aromatic nitrogens is 1. The van der Waals surface area contributed by atoms with Crippen molar-refractivity contribution >= 4 is 44.5 Å². The molecule has 32 heavy (non-hydrogen) atoms. The Labute approximate surface area is 191 Å². The van der Waals surface area contributed by atoms with Gasteiger partial charge in [0.05, 0.1) is 29.4 Å². The molecule has 0 spiro atoms. The Kier molecular flexibility index (Phi) is 6.49. The van der Waals surface area contributed by atoms with Gasteiger partial charge in [0, 0.05) is 10.9 Å². The van der Waals surface area contributed by atoms with E-state index in [0.717, 1.165) is 12.1 Å². The van der Waals surface area contributed by atoms with Gasteiger partial charge in [-0.05, 0) is 30.3 Å². The Morgan fingerprint density at radius 3 is 2.69 bits per heavy atom. The number of nitrogens with two attached hydrogens (primary N) is 1. The molecular weight excluding hydrogens is 486 g/mol. The number of rotatable bonds is 8. The zero-order valence-electron chi connectivity index (χ0n) is 16.2. The van der Waals surface area contributed by atoms with Gasteiger partial charge >= 0.3 is 0 Å². The Morgan fingerprint density at radius 1 is 1.25 bits per heavy atom. The van der Waals surface area contributed by atoms with Crippen LogP contribution < -0.4 is 20.5 Å². The van der Waals surface area contributed by atoms with Crippen LogP contribution in [0.1, 0.15) is 11.7 Å². The molecule has 1 aromatic heterocycles. The fourth-order valence-corrected chi connectivity index (χ4v) is 4.78. The Balaban J connectivity index is 1.54. The Morgan fingerprint density at radius 2 is 2.03 bits per heavy atom. The highest BCUT2D eigenvalue weighted by Gasteiger charge is 2.24. The van der Waals surface area contributed by atoms with Crippen LogP contribution in [0.2, 0.25) is 5.02 Å². The second kappa shape index (κ2) is 9.16. The normalized spacial score (nSPS) is 15.1. The van der Waals surface area contributed by atoms with Crippen LogP contribution in [0.25, 0.3) is 0 Å². The summed E-state index contributed by atoms with van der Waals surface area (Å²) in [7, 11) is -4.27. The molecule has 0 saturated carbocycles. The number of sulfonamides is 1. The van der Waals surface area contributed by atoms with Crippen molar-refractivity contribution in [3.8, 4) is 5.75 Å². The average molecular weight is 503 g/mol. The van der Waals surface area contributed by atoms with E-state index in [0.29, 0.717) is 19.0 Å². The van der Waals surface area contributed by atoms with Gasteiger partial charge in [-0.25, -0.2) is 22.2 Å². The number of ether oxygens (including phenoxy) is 2. The molecular formula is C19H17ClF2N4O4S2. The molecule has 1 atom stereocenters. The lowest BCUT2D eigenvalue weighted by molar-refractivity contribution is -0.0797. The third kappa shape index (κ3) is 4.94. The van der Waals surface area contributed by atoms with Gasteiger partial charge in [0.1, 0.15) is 34.5 Å². The first-order valence-electron chi connectivity index (χ1n) is 9.19. The maximum Gasteiger partial charge on any atom is 0.266 e. The predicted molar refractivity (Wildman–Crippen MR) is 117 cm³/mol. The van der Waals surface area contributed by atoms with Crippen molar-refractivity contribution in [3.05, 3.63) is 63.4 Å². The molecule has 0 radical (unpaired) electrons. The number of nitrogens with zero attached hydrogens (tertiary/aromatic N) is 1. The summed E-state index contributed by atoms with van der Waals surface area (Å²) in [5.74, 6) is -1.22. The molecule has 4 rings (SSSR count). The van der Waals surface area contributed by atoms with E-state index in [1.165, 1.54) is 40.4 Å². The van der Waals surface area contributed by atoms with Gasteiger partial charge in [-0.15, -0.1) is 11.3 Å². The van der Waals surface area contributed by atoms with E-state index >= 15 is 0 Å². The molecule has 0 unspecified atom stereocenters. The van der Waals surface area contributed by atoms with E-state index in [9.17, 15) is 17.2 Å². The summed E-state index contributed by atoms with van der Waals surface area (Å²) in [6, 6.07) is 5.90. The molecule has 4 N–H and O–H groups in total. The third-order valence-corrected chi connectivity index (χ3v) is 6.78. The zero-order chi connectivity index (χ0) is 22.9. The average Bonchev–Trinajstić information content (AvgIpc) is 3.20. The van der Waals surface area contributed by atoms with Gasteiger partial charge in [0.2, 0.25) is 0 Å². The van der Waals surface area contributed by atoms with Crippen LogP contribution in [-0.4, -0.2) is 32.7 Å². The second-order valence-electron chi connectivity index (χ2n) is 6.82. The Hall–Kier alpha value is -2.51. The van der Waals surface area contributed by atoms with E-state index in [2.05, 4.69) is 15.0 Å². The summed E-state index contributed by atoms with van der Waals surface area (Å²) < 4.78 is 66.8. The van der Waals surface area contributed by atoms with Crippen molar-refractivity contribution < 1.29 is 26.7 Å². The van der Waals surface area contributed by atoms with Crippen molar-refractivity contribution in [2.45, 2.75) is 17.2 Å². The SMILES string of the molecule is N[C@H](Nc1cc(F)c(S(=O)(=O)Nc2cscn2)cc1Cl)c1cc(OC2COC2)ccc1F. The second-order valence-corrected chi connectivity index (χ2v) is 9.60. The van der Waals surface area contributed by atoms with Gasteiger partial charge in [-0.3, -0.25) is 4.72 Å². The summed E-state index contributed by atoms with van der Waals surface area (Å²) in [6.07, 6.45) is -1.24. The van der Waals surface area contributed by atoms with E-state index in [1.54, 1.807) is 0 Å². The lowest BCUT2D eigenvalue weighted by atomic mass is 10.1. The molecule has 2 aromatic carbocycles. The number of anilines is 2. The number of nitrogens with one attached hydrogen (secondary N) is 2. The van der Waals surface area contributed by atoms with Crippen LogP contribution in [-0.2, 0) is 14.8 Å². The number of hydrogen-bond donors (Lipinski definition) is 3. The van der Waals surface area contributed by atoms with Crippen LogP contribution in [0.4, 0.5) is 20.3 Å². The number of hydrogen-bond acceptors (Lipinski definition) is 8. The maximum atomic E-state index is 14.7. The van der Waals surface area contributed by atoms with Gasteiger partial charge in [0.25, 0.3) is 10.0 Å². The third-order valence-electron chi connectivity index (χ3n) is 4.51. The molecule has 1 aliphatic heterocycles. The topological polar surface area (TPSA) is 116 Å². The summed E-state index contributed by atoms with van der Waals surface area (Å²) in [5, 5.41) is 4.03. The standard InChI is InChI=1S/C19H17ClF2N4O4S2/c20-13-4-17(32(27,28)26-18-8-31-9-24-18)15(22)5-16(13)25-19(23)12-3-10(1-2-14(12)21)30-11-6-29-7-11/h1-5,8-9,11,19,25-26H,6-7,23H2/t19-/m1/s1. The van der Waals surface area contributed by atoms with E-state index in [1.807, 2.05) is 0 Å². The lowest BCUT2D eigenvalue weighted by Gasteiger charge is -2.27. The minimum Gasteiger partial charge on any atom is -0.486 e. The van der Waals surface area contributed by atoms with Gasteiger partial charge in [-0.2, -0.15) is 0 Å². The monoisotopic (exact) mass is 502 g/mol. The fourth-order valence-electron chi connectivity index (χ4n) is 2.85. The lowest BCUT2D eigenvalue weighted by Crippen LogP contribution is -2.38. The van der Waals surface area contributed by atoms with Crippen molar-refractivity contribution in [3.63, 3.8) is 0 Å². The van der Waals surface area contributed by atoms with Crippen molar-refractivity contribution in [2.24, 2.45) is 5.73 Å². The fraction of sp³-hybridized carbons (Fsp3) is 0.211. The van der Waals surface area contributed by atoms with Gasteiger partial charge < -0.3 is 20.5 Å². The first-order chi connectivity index (χ1) is 15.2. The first-order valence-corrected chi connectivity index (χ1v) is 12.0. The molecule has 13 heteroatoms. The molecule has 0 bridgehead atoms. The number of thiazole rings is 1. The van der Waals surface area contributed by atoms with Crippen LogP contribution in [0.5, 0.6) is 5.75 Å². The molecule has 1 saturated heterocycles. The molecule has 0 aliphatic carbocycles. The predicted octanol–water partition coefficient (Wildman–Crippen LogP) is 3.72. The number of halogens is 3. The summed E-state index contributed by atoms with van der Waals surface area (Å²) in [4.78, 5) is 3.14. The first kappa shape index (κ1) is 22.7. The van der Waals surface area contributed by atoms with E-state index < -0.39 is 32.7 Å². The molecule has 1 fully saturated rings. The molecule has 170 valence electrons. The highest BCUT2D eigenvalue weighted by molar-refractivity contribution is 7.92. The van der Waals surface area contributed by atoms with Gasteiger partial charge in [0.15, 0.2) is 5.82 Å². The largest absolute Gasteiger partial charge is 0.486 e. The minimum atomic E-state index is -4.27. The highest BCUT2D eigenvalue weighted by Crippen LogP contribution is 2.32. The van der Waals surface area contributed by atoms with Crippen molar-refractivity contribution in [1.29, 1.82) is 0 Å². The quantitative estimate of drug-likeness (QED) is 0.402. The molecule has 8 nitrogen and oxygen atoms in total. The van der Waals surface area contributed by atoms with Crippen molar-refractivity contribution in [1.82, 2.24) is 4.98 Å². The summed E-state index contributed by atoms with van der Waals surface area (Å²) in [6.45, 7) is 0.886. The van der Waals surface area contributed by atoms with Crippen LogP contribution in [0.3, 0.4) is 0 Å². The van der Waals surface area contributed by atoms with Crippen LogP contribution in [0, 0.1) is 11.6 Å². The summed E-state index contributed by atoms with van der Waals surface area (Å²) >= 11 is 7.34. The smallest absolute Gasteiger partial charge is 0.266 e. The van der Waals surface area contributed by atoms with Crippen LogP contribution in [0.15, 0.2) is 46.1 Å². The van der Waals surface area contributed by atoms with E-state index in [-0.39, 0.29) is 28.2 Å². The van der Waals surface area contributed by atoms with E-state index in [4.69, 9.17) is 26.8 Å². The molecule has 3 aromatic rings. The summed E-state index contributed by atoms with van der Waals surface area (Å²) in [5.41, 5.74) is 7.53. The molecule has 2 heterocycles. The van der Waals surface area contributed by atoms with Gasteiger partial charge in [-0.1, -0.05) is 11.6 Å². The highest BCUT2D eigenvalue weighted by atomic mass is 35.5.